The van der Waals surface area contributed by atoms with Crippen molar-refractivity contribution in [2.45, 2.75) is 277 Å². The van der Waals surface area contributed by atoms with E-state index in [0.717, 1.165) is 122 Å². The molecule has 6 heteroatoms. The van der Waals surface area contributed by atoms with Crippen LogP contribution in [-0.4, -0.2) is 37.2 Å². The van der Waals surface area contributed by atoms with Gasteiger partial charge in [-0.2, -0.15) is 0 Å². The van der Waals surface area contributed by atoms with Gasteiger partial charge in [0.05, 0.1) is 0 Å². The third-order valence-corrected chi connectivity index (χ3v) is 11.9. The number of ether oxygens (including phenoxy) is 3. The van der Waals surface area contributed by atoms with Crippen molar-refractivity contribution >= 4 is 17.9 Å². The third kappa shape index (κ3) is 51.8. The molecular weight excluding hydrogens is 817 g/mol. The van der Waals surface area contributed by atoms with Gasteiger partial charge in [-0.3, -0.25) is 14.4 Å². The van der Waals surface area contributed by atoms with Gasteiger partial charge in [0.1, 0.15) is 13.2 Å². The molecule has 0 spiro atoms. The molecule has 66 heavy (non-hydrogen) atoms. The standard InChI is InChI=1S/C60H104O6/c1-4-7-10-13-16-19-22-25-28-30-31-33-35-38-41-44-47-50-53-59(62)65-56-57(55-64-58(61)52-49-46-43-40-37-34-27-24-21-18-15-12-9-6-3)66-60(63)54-51-48-45-42-39-36-32-29-26-23-20-17-14-11-8-5-2/h9,12,18,21,27-34,57H,4-8,10-11,13-17,19-20,22-26,35-56H2,1-3H3/b12-9-,21-18-,30-28-,32-29-,33-31-,34-27-. The van der Waals surface area contributed by atoms with Gasteiger partial charge in [-0.15, -0.1) is 0 Å². The van der Waals surface area contributed by atoms with Crippen molar-refractivity contribution in [3.8, 4) is 0 Å². The molecule has 0 radical (unpaired) electrons. The number of carbonyl (C=O) groups is 3. The Bertz CT molecular complexity index is 1240. The van der Waals surface area contributed by atoms with Crippen LogP contribution < -0.4 is 0 Å². The lowest BCUT2D eigenvalue weighted by Crippen LogP contribution is -2.30. The lowest BCUT2D eigenvalue weighted by atomic mass is 10.1. The number of hydrogen-bond donors (Lipinski definition) is 0. The van der Waals surface area contributed by atoms with E-state index < -0.39 is 6.10 Å². The Labute approximate surface area is 408 Å². The van der Waals surface area contributed by atoms with Crippen LogP contribution >= 0.6 is 0 Å². The lowest BCUT2D eigenvalue weighted by Gasteiger charge is -2.18. The second-order valence-electron chi connectivity index (χ2n) is 18.5. The average Bonchev–Trinajstić information content (AvgIpc) is 3.31. The van der Waals surface area contributed by atoms with Crippen LogP contribution in [0.1, 0.15) is 271 Å². The summed E-state index contributed by atoms with van der Waals surface area (Å²) in [4.78, 5) is 38.1. The molecule has 0 rings (SSSR count). The zero-order valence-corrected chi connectivity index (χ0v) is 43.4. The molecule has 1 atom stereocenters. The Balaban J connectivity index is 4.44. The van der Waals surface area contributed by atoms with E-state index in [-0.39, 0.29) is 31.1 Å². The molecule has 6 nitrogen and oxygen atoms in total. The van der Waals surface area contributed by atoms with Gasteiger partial charge in [0.2, 0.25) is 0 Å². The largest absolute Gasteiger partial charge is 0.462 e. The first-order chi connectivity index (χ1) is 32.5. The highest BCUT2D eigenvalue weighted by molar-refractivity contribution is 5.71. The first kappa shape index (κ1) is 62.8. The number of carbonyl (C=O) groups excluding carboxylic acids is 3. The van der Waals surface area contributed by atoms with E-state index in [4.69, 9.17) is 14.2 Å². The number of unbranched alkanes of at least 4 members (excludes halogenated alkanes) is 28. The molecule has 380 valence electrons. The molecule has 0 aromatic carbocycles. The maximum Gasteiger partial charge on any atom is 0.306 e. The second-order valence-corrected chi connectivity index (χ2v) is 18.5. The Morgan fingerprint density at radius 1 is 0.333 bits per heavy atom. The molecule has 0 amide bonds. The van der Waals surface area contributed by atoms with E-state index in [1.165, 1.54) is 109 Å². The minimum atomic E-state index is -0.795. The summed E-state index contributed by atoms with van der Waals surface area (Å²) in [6, 6.07) is 0. The summed E-state index contributed by atoms with van der Waals surface area (Å²) < 4.78 is 16.8. The van der Waals surface area contributed by atoms with Crippen LogP contribution in [0.25, 0.3) is 0 Å². The van der Waals surface area contributed by atoms with E-state index >= 15 is 0 Å². The topological polar surface area (TPSA) is 78.9 Å². The molecule has 0 aliphatic heterocycles. The number of hydrogen-bond acceptors (Lipinski definition) is 6. The van der Waals surface area contributed by atoms with Gasteiger partial charge in [-0.25, -0.2) is 0 Å². The molecule has 0 aromatic rings. The number of esters is 3. The lowest BCUT2D eigenvalue weighted by molar-refractivity contribution is -0.167. The minimum absolute atomic E-state index is 0.0939. The summed E-state index contributed by atoms with van der Waals surface area (Å²) in [7, 11) is 0. The smallest absolute Gasteiger partial charge is 0.306 e. The maximum absolute atomic E-state index is 12.8. The van der Waals surface area contributed by atoms with Gasteiger partial charge in [0.15, 0.2) is 6.10 Å². The van der Waals surface area contributed by atoms with Crippen LogP contribution in [-0.2, 0) is 28.6 Å². The van der Waals surface area contributed by atoms with Crippen LogP contribution in [0.15, 0.2) is 72.9 Å². The van der Waals surface area contributed by atoms with Gasteiger partial charge >= 0.3 is 17.9 Å². The predicted octanol–water partition coefficient (Wildman–Crippen LogP) is 18.6. The fourth-order valence-corrected chi connectivity index (χ4v) is 7.74. The van der Waals surface area contributed by atoms with Crippen LogP contribution in [0.4, 0.5) is 0 Å². The van der Waals surface area contributed by atoms with Crippen LogP contribution in [0.3, 0.4) is 0 Å². The van der Waals surface area contributed by atoms with E-state index in [1.807, 2.05) is 0 Å². The van der Waals surface area contributed by atoms with Gasteiger partial charge in [0, 0.05) is 19.3 Å². The summed E-state index contributed by atoms with van der Waals surface area (Å²) in [5, 5.41) is 0. The molecule has 0 fully saturated rings. The minimum Gasteiger partial charge on any atom is -0.462 e. The highest BCUT2D eigenvalue weighted by atomic mass is 16.6. The van der Waals surface area contributed by atoms with Crippen molar-refractivity contribution < 1.29 is 28.6 Å². The Morgan fingerprint density at radius 3 is 1.03 bits per heavy atom. The maximum atomic E-state index is 12.8. The molecule has 0 heterocycles. The van der Waals surface area contributed by atoms with Gasteiger partial charge in [0.25, 0.3) is 0 Å². The van der Waals surface area contributed by atoms with Crippen molar-refractivity contribution in [2.75, 3.05) is 13.2 Å². The summed E-state index contributed by atoms with van der Waals surface area (Å²) in [6.45, 7) is 6.49. The van der Waals surface area contributed by atoms with Crippen molar-refractivity contribution in [1.29, 1.82) is 0 Å². The Morgan fingerprint density at radius 2 is 0.636 bits per heavy atom. The fraction of sp³-hybridized carbons (Fsp3) is 0.750. The SMILES string of the molecule is CC/C=C\C/C=C\C/C=C\CCCCCCC(=O)OCC(COC(=O)CCCCCCC/C=C\C=C/CCCCCCCCC)OC(=O)CCCCCCC/C=C\CCCCCCCCC. The zero-order valence-electron chi connectivity index (χ0n) is 43.4. The summed E-state index contributed by atoms with van der Waals surface area (Å²) in [5.74, 6) is -0.933. The molecule has 1 unspecified atom stereocenters. The fourth-order valence-electron chi connectivity index (χ4n) is 7.74. The highest BCUT2D eigenvalue weighted by Gasteiger charge is 2.19. The van der Waals surface area contributed by atoms with Crippen molar-refractivity contribution in [2.24, 2.45) is 0 Å². The molecule has 0 N–H and O–H groups in total. The van der Waals surface area contributed by atoms with E-state index in [1.54, 1.807) is 0 Å². The van der Waals surface area contributed by atoms with Crippen LogP contribution in [0.2, 0.25) is 0 Å². The quantitative estimate of drug-likeness (QED) is 0.0199. The van der Waals surface area contributed by atoms with Crippen molar-refractivity contribution in [3.05, 3.63) is 72.9 Å². The average molecular weight is 921 g/mol. The normalized spacial score (nSPS) is 12.6. The zero-order chi connectivity index (χ0) is 47.9. The molecule has 0 saturated carbocycles. The number of rotatable bonds is 50. The summed E-state index contributed by atoms with van der Waals surface area (Å²) >= 11 is 0. The molecule has 0 saturated heterocycles. The molecule has 0 aliphatic carbocycles. The van der Waals surface area contributed by atoms with E-state index in [9.17, 15) is 14.4 Å². The van der Waals surface area contributed by atoms with Gasteiger partial charge < -0.3 is 14.2 Å². The first-order valence-electron chi connectivity index (χ1n) is 28.0. The van der Waals surface area contributed by atoms with Gasteiger partial charge in [-0.05, 0) is 103 Å². The van der Waals surface area contributed by atoms with Crippen molar-refractivity contribution in [1.82, 2.24) is 0 Å². The predicted molar refractivity (Wildman–Crippen MR) is 284 cm³/mol. The van der Waals surface area contributed by atoms with E-state index in [0.29, 0.717) is 19.3 Å². The molecule has 0 bridgehead atoms. The summed E-state index contributed by atoms with van der Waals surface area (Å²) in [5.41, 5.74) is 0. The van der Waals surface area contributed by atoms with Crippen molar-refractivity contribution in [3.63, 3.8) is 0 Å². The number of allylic oxidation sites excluding steroid dienone is 12. The first-order valence-corrected chi connectivity index (χ1v) is 28.0. The third-order valence-electron chi connectivity index (χ3n) is 11.9. The van der Waals surface area contributed by atoms with Crippen LogP contribution in [0, 0.1) is 0 Å². The summed E-state index contributed by atoms with van der Waals surface area (Å²) in [6.07, 6.45) is 68.9. The Kier molecular flexibility index (Phi) is 51.9. The monoisotopic (exact) mass is 921 g/mol. The molecular formula is C60H104O6. The van der Waals surface area contributed by atoms with Crippen LogP contribution in [0.5, 0.6) is 0 Å². The molecule has 0 aromatic heterocycles. The van der Waals surface area contributed by atoms with E-state index in [2.05, 4.69) is 93.7 Å². The molecule has 0 aliphatic rings. The second kappa shape index (κ2) is 54.5. The van der Waals surface area contributed by atoms with Gasteiger partial charge in [-0.1, -0.05) is 222 Å². The Hall–Kier alpha value is -3.15. The highest BCUT2D eigenvalue weighted by Crippen LogP contribution is 2.14.